The van der Waals surface area contributed by atoms with E-state index in [0.29, 0.717) is 6.04 Å². The predicted octanol–water partition coefficient (Wildman–Crippen LogP) is 3.28. The number of alkyl halides is 3. The summed E-state index contributed by atoms with van der Waals surface area (Å²) < 4.78 is 40.0. The molecular formula is C16H21F3N2O. The van der Waals surface area contributed by atoms with Crippen LogP contribution in [0.2, 0.25) is 0 Å². The fraction of sp³-hybridized carbons (Fsp3) is 0.500. The van der Waals surface area contributed by atoms with Gasteiger partial charge in [0.05, 0.1) is 0 Å². The topological polar surface area (TPSA) is 24.5 Å². The average Bonchev–Trinajstić information content (AvgIpc) is 2.48. The van der Waals surface area contributed by atoms with Gasteiger partial charge in [0.15, 0.2) is 0 Å². The van der Waals surface area contributed by atoms with E-state index in [1.165, 1.54) is 12.1 Å². The third kappa shape index (κ3) is 5.69. The van der Waals surface area contributed by atoms with Gasteiger partial charge in [-0.25, -0.2) is 0 Å². The fourth-order valence-corrected chi connectivity index (χ4v) is 2.53. The molecular weight excluding hydrogens is 293 g/mol. The van der Waals surface area contributed by atoms with Gasteiger partial charge in [0, 0.05) is 12.6 Å². The van der Waals surface area contributed by atoms with Crippen molar-refractivity contribution in [1.29, 1.82) is 0 Å². The third-order valence-corrected chi connectivity index (χ3v) is 3.75. The van der Waals surface area contributed by atoms with Crippen LogP contribution in [0.5, 0.6) is 5.75 Å². The standard InChI is InChI=1S/C16H21F3N2O/c1-21(14-8-10-20-11-9-14)12-2-3-13-4-6-15(7-5-13)22-16(17,18)19/h2-7,14,20H,8-12H2,1H3. The first-order valence-electron chi connectivity index (χ1n) is 7.37. The van der Waals surface area contributed by atoms with Crippen LogP contribution in [-0.4, -0.2) is 44.0 Å². The van der Waals surface area contributed by atoms with Crippen molar-refractivity contribution in [3.63, 3.8) is 0 Å². The van der Waals surface area contributed by atoms with Crippen LogP contribution in [0.3, 0.4) is 0 Å². The van der Waals surface area contributed by atoms with Crippen molar-refractivity contribution in [3.05, 3.63) is 35.9 Å². The molecule has 0 spiro atoms. The fourth-order valence-electron chi connectivity index (χ4n) is 2.53. The second kappa shape index (κ2) is 7.65. The largest absolute Gasteiger partial charge is 0.573 e. The summed E-state index contributed by atoms with van der Waals surface area (Å²) in [4.78, 5) is 2.30. The summed E-state index contributed by atoms with van der Waals surface area (Å²) >= 11 is 0. The lowest BCUT2D eigenvalue weighted by Crippen LogP contribution is -2.41. The molecule has 0 atom stereocenters. The molecule has 1 aromatic carbocycles. The quantitative estimate of drug-likeness (QED) is 0.902. The number of halogens is 3. The summed E-state index contributed by atoms with van der Waals surface area (Å²) in [6.07, 6.45) is 1.59. The number of hydrogen-bond acceptors (Lipinski definition) is 3. The summed E-state index contributed by atoms with van der Waals surface area (Å²) in [6.45, 7) is 2.93. The first-order valence-corrected chi connectivity index (χ1v) is 7.37. The molecule has 122 valence electrons. The highest BCUT2D eigenvalue weighted by Crippen LogP contribution is 2.23. The number of likely N-dealkylation sites (N-methyl/N-ethyl adjacent to an activating group) is 1. The van der Waals surface area contributed by atoms with E-state index < -0.39 is 6.36 Å². The molecule has 6 heteroatoms. The Morgan fingerprint density at radius 3 is 2.45 bits per heavy atom. The van der Waals surface area contributed by atoms with Crippen LogP contribution in [0.25, 0.3) is 6.08 Å². The van der Waals surface area contributed by atoms with E-state index in [9.17, 15) is 13.2 Å². The Morgan fingerprint density at radius 2 is 1.86 bits per heavy atom. The molecule has 0 bridgehead atoms. The summed E-state index contributed by atoms with van der Waals surface area (Å²) in [7, 11) is 2.10. The number of benzene rings is 1. The molecule has 1 aliphatic heterocycles. The summed E-state index contributed by atoms with van der Waals surface area (Å²) in [5, 5.41) is 3.34. The molecule has 1 aromatic rings. The molecule has 0 amide bonds. The van der Waals surface area contributed by atoms with E-state index >= 15 is 0 Å². The molecule has 1 fully saturated rings. The lowest BCUT2D eigenvalue weighted by molar-refractivity contribution is -0.274. The Morgan fingerprint density at radius 1 is 1.23 bits per heavy atom. The smallest absolute Gasteiger partial charge is 0.406 e. The zero-order valence-electron chi connectivity index (χ0n) is 12.6. The Labute approximate surface area is 128 Å². The lowest BCUT2D eigenvalue weighted by atomic mass is 10.1. The van der Waals surface area contributed by atoms with Crippen molar-refractivity contribution >= 4 is 6.08 Å². The molecule has 22 heavy (non-hydrogen) atoms. The SMILES string of the molecule is CN(CC=Cc1ccc(OC(F)(F)F)cc1)C1CCNCC1. The first-order chi connectivity index (χ1) is 10.4. The van der Waals surface area contributed by atoms with Gasteiger partial charge in [0.1, 0.15) is 5.75 Å². The number of nitrogens with zero attached hydrogens (tertiary/aromatic N) is 1. The molecule has 1 aliphatic rings. The monoisotopic (exact) mass is 314 g/mol. The number of ether oxygens (including phenoxy) is 1. The highest BCUT2D eigenvalue weighted by molar-refractivity contribution is 5.50. The Hall–Kier alpha value is -1.53. The van der Waals surface area contributed by atoms with Gasteiger partial charge in [0.25, 0.3) is 0 Å². The highest BCUT2D eigenvalue weighted by Gasteiger charge is 2.30. The molecule has 2 rings (SSSR count). The second-order valence-corrected chi connectivity index (χ2v) is 5.44. The van der Waals surface area contributed by atoms with Crippen LogP contribution >= 0.6 is 0 Å². The molecule has 0 radical (unpaired) electrons. The van der Waals surface area contributed by atoms with Gasteiger partial charge in [0.2, 0.25) is 0 Å². The van der Waals surface area contributed by atoms with Gasteiger partial charge in [-0.3, -0.25) is 4.90 Å². The summed E-state index contributed by atoms with van der Waals surface area (Å²) in [5.74, 6) is -0.198. The number of nitrogens with one attached hydrogen (secondary N) is 1. The minimum absolute atomic E-state index is 0.198. The minimum atomic E-state index is -4.64. The molecule has 0 unspecified atom stereocenters. The van der Waals surface area contributed by atoms with E-state index in [0.717, 1.165) is 38.0 Å². The van der Waals surface area contributed by atoms with Crippen LogP contribution in [0.1, 0.15) is 18.4 Å². The molecule has 0 aliphatic carbocycles. The van der Waals surface area contributed by atoms with Crippen LogP contribution in [0, 0.1) is 0 Å². The highest BCUT2D eigenvalue weighted by atomic mass is 19.4. The molecule has 1 heterocycles. The van der Waals surface area contributed by atoms with Crippen molar-refractivity contribution in [2.45, 2.75) is 25.2 Å². The zero-order chi connectivity index (χ0) is 16.0. The zero-order valence-corrected chi connectivity index (χ0v) is 12.6. The van der Waals surface area contributed by atoms with Gasteiger partial charge < -0.3 is 10.1 Å². The van der Waals surface area contributed by atoms with Crippen molar-refractivity contribution in [2.24, 2.45) is 0 Å². The summed E-state index contributed by atoms with van der Waals surface area (Å²) in [5.41, 5.74) is 0.855. The van der Waals surface area contributed by atoms with Gasteiger partial charge >= 0.3 is 6.36 Å². The van der Waals surface area contributed by atoms with Crippen molar-refractivity contribution < 1.29 is 17.9 Å². The van der Waals surface area contributed by atoms with E-state index in [2.05, 4.69) is 22.0 Å². The molecule has 1 N–H and O–H groups in total. The maximum Gasteiger partial charge on any atom is 0.573 e. The van der Waals surface area contributed by atoms with E-state index in [1.807, 2.05) is 12.2 Å². The van der Waals surface area contributed by atoms with Crippen molar-refractivity contribution in [2.75, 3.05) is 26.7 Å². The molecule has 3 nitrogen and oxygen atoms in total. The lowest BCUT2D eigenvalue weighted by Gasteiger charge is -2.30. The average molecular weight is 314 g/mol. The Bertz CT molecular complexity index is 479. The normalized spacial score (nSPS) is 17.3. The van der Waals surface area contributed by atoms with Crippen molar-refractivity contribution in [3.8, 4) is 5.75 Å². The van der Waals surface area contributed by atoms with Crippen LogP contribution in [0.15, 0.2) is 30.3 Å². The van der Waals surface area contributed by atoms with Gasteiger partial charge in [-0.05, 0) is 50.7 Å². The summed E-state index contributed by atoms with van der Waals surface area (Å²) in [6, 6.07) is 6.46. The predicted molar refractivity (Wildman–Crippen MR) is 80.7 cm³/mol. The molecule has 0 saturated carbocycles. The maximum atomic E-state index is 12.1. The third-order valence-electron chi connectivity index (χ3n) is 3.75. The number of rotatable bonds is 5. The molecule has 0 aromatic heterocycles. The second-order valence-electron chi connectivity index (χ2n) is 5.44. The number of piperidine rings is 1. The van der Waals surface area contributed by atoms with E-state index in [1.54, 1.807) is 12.1 Å². The Balaban J connectivity index is 1.82. The van der Waals surface area contributed by atoms with Gasteiger partial charge in [-0.2, -0.15) is 0 Å². The molecule has 1 saturated heterocycles. The van der Waals surface area contributed by atoms with Crippen LogP contribution in [-0.2, 0) is 0 Å². The van der Waals surface area contributed by atoms with Crippen molar-refractivity contribution in [1.82, 2.24) is 10.2 Å². The van der Waals surface area contributed by atoms with E-state index in [4.69, 9.17) is 0 Å². The van der Waals surface area contributed by atoms with Gasteiger partial charge in [-0.1, -0.05) is 24.3 Å². The van der Waals surface area contributed by atoms with Crippen LogP contribution < -0.4 is 10.1 Å². The maximum absolute atomic E-state index is 12.1. The minimum Gasteiger partial charge on any atom is -0.406 e. The number of hydrogen-bond donors (Lipinski definition) is 1. The van der Waals surface area contributed by atoms with Crippen LogP contribution in [0.4, 0.5) is 13.2 Å². The van der Waals surface area contributed by atoms with Gasteiger partial charge in [-0.15, -0.1) is 13.2 Å². The Kier molecular flexibility index (Phi) is 5.85. The van der Waals surface area contributed by atoms with E-state index in [-0.39, 0.29) is 5.75 Å². The first kappa shape index (κ1) is 16.8.